The van der Waals surface area contributed by atoms with Crippen LogP contribution in [0.25, 0.3) is 0 Å². The first-order valence-corrected chi connectivity index (χ1v) is 3.11. The maximum absolute atomic E-state index is 9.53. The fourth-order valence-corrected chi connectivity index (χ4v) is 0.340. The molecule has 0 atom stereocenters. The fraction of sp³-hybridized carbons (Fsp3) is 0.400. The predicted octanol–water partition coefficient (Wildman–Crippen LogP) is 1.96. The first kappa shape index (κ1) is 22.7. The Kier molecular flexibility index (Phi) is 32.8. The summed E-state index contributed by atoms with van der Waals surface area (Å²) in [5, 5.41) is 9.53. The van der Waals surface area contributed by atoms with Crippen LogP contribution in [-0.2, 0) is 21.7 Å². The summed E-state index contributed by atoms with van der Waals surface area (Å²) in [6.45, 7) is 3.22. The van der Waals surface area contributed by atoms with Gasteiger partial charge in [-0.05, 0) is 0 Å². The monoisotopic (exact) mass is 202 g/mol. The van der Waals surface area contributed by atoms with Gasteiger partial charge in [0.05, 0.1) is 0 Å². The maximum Gasteiger partial charge on any atom is 4.00 e. The average molecular weight is 202 g/mol. The van der Waals surface area contributed by atoms with E-state index in [1.54, 1.807) is 13.8 Å². The standard InChI is InChI=1S/C5H5.C3H7O.2CH3.Ti/c1-2-4-5-3-1;1-3(2)4;;;/h1-3H,4H2;3H,1-2H3;2*1H3;/q4*-1;+4. The molecular formula is C10H18OTi. The van der Waals surface area contributed by atoms with Gasteiger partial charge in [-0.15, -0.1) is 12.5 Å². The van der Waals surface area contributed by atoms with Crippen molar-refractivity contribution in [3.05, 3.63) is 39.2 Å². The summed E-state index contributed by atoms with van der Waals surface area (Å²) >= 11 is 0. The van der Waals surface area contributed by atoms with E-state index in [2.05, 4.69) is 12.2 Å². The number of rotatable bonds is 0. The van der Waals surface area contributed by atoms with Crippen molar-refractivity contribution in [2.75, 3.05) is 0 Å². The molecule has 2 heteroatoms. The molecule has 0 fully saturated rings. The van der Waals surface area contributed by atoms with Crippen molar-refractivity contribution < 1.29 is 26.8 Å². The number of hydrogen-bond acceptors (Lipinski definition) is 1. The minimum Gasteiger partial charge on any atom is -0.852 e. The minimum absolute atomic E-state index is 0. The van der Waals surface area contributed by atoms with Crippen molar-refractivity contribution in [3.63, 3.8) is 0 Å². The summed E-state index contributed by atoms with van der Waals surface area (Å²) in [4.78, 5) is 0. The molecule has 68 valence electrons. The van der Waals surface area contributed by atoms with E-state index < -0.39 is 6.10 Å². The third-order valence-corrected chi connectivity index (χ3v) is 0.586. The van der Waals surface area contributed by atoms with E-state index in [0.717, 1.165) is 6.42 Å². The van der Waals surface area contributed by atoms with E-state index in [4.69, 9.17) is 0 Å². The van der Waals surface area contributed by atoms with Crippen LogP contribution in [0.3, 0.4) is 0 Å². The maximum atomic E-state index is 9.53. The van der Waals surface area contributed by atoms with Crippen molar-refractivity contribution >= 4 is 0 Å². The Hall–Kier alpha value is 0.154. The fourth-order valence-electron chi connectivity index (χ4n) is 0.340. The van der Waals surface area contributed by atoms with Gasteiger partial charge in [0.1, 0.15) is 0 Å². The quantitative estimate of drug-likeness (QED) is 0.435. The molecule has 0 saturated heterocycles. The Morgan fingerprint density at radius 2 is 1.75 bits per heavy atom. The van der Waals surface area contributed by atoms with Gasteiger partial charge in [-0.3, -0.25) is 6.08 Å². The van der Waals surface area contributed by atoms with E-state index >= 15 is 0 Å². The summed E-state index contributed by atoms with van der Waals surface area (Å²) in [6.07, 6.45) is 9.58. The molecule has 0 heterocycles. The number of allylic oxidation sites excluding steroid dienone is 4. The summed E-state index contributed by atoms with van der Waals surface area (Å²) in [6, 6.07) is 0. The summed E-state index contributed by atoms with van der Waals surface area (Å²) in [5.41, 5.74) is 0. The van der Waals surface area contributed by atoms with Crippen molar-refractivity contribution in [2.24, 2.45) is 0 Å². The molecule has 0 bridgehead atoms. The van der Waals surface area contributed by atoms with Gasteiger partial charge in [0.15, 0.2) is 0 Å². The Labute approximate surface area is 92.5 Å². The summed E-state index contributed by atoms with van der Waals surface area (Å²) in [7, 11) is 0. The van der Waals surface area contributed by atoms with Crippen LogP contribution in [-0.4, -0.2) is 6.10 Å². The van der Waals surface area contributed by atoms with Crippen LogP contribution >= 0.6 is 0 Å². The van der Waals surface area contributed by atoms with Crippen LogP contribution < -0.4 is 5.11 Å². The van der Waals surface area contributed by atoms with Crippen LogP contribution in [0.4, 0.5) is 0 Å². The minimum atomic E-state index is -0.417. The molecular weight excluding hydrogens is 184 g/mol. The van der Waals surface area contributed by atoms with E-state index in [1.165, 1.54) is 0 Å². The second-order valence-electron chi connectivity index (χ2n) is 2.05. The molecule has 0 radical (unpaired) electrons. The van der Waals surface area contributed by atoms with E-state index in [-0.39, 0.29) is 36.6 Å². The van der Waals surface area contributed by atoms with E-state index in [1.807, 2.05) is 12.2 Å². The first-order chi connectivity index (χ1) is 4.23. The van der Waals surface area contributed by atoms with Crippen molar-refractivity contribution in [2.45, 2.75) is 26.4 Å². The molecule has 0 amide bonds. The van der Waals surface area contributed by atoms with Gasteiger partial charge >= 0.3 is 21.7 Å². The van der Waals surface area contributed by atoms with Crippen LogP contribution in [0.2, 0.25) is 0 Å². The van der Waals surface area contributed by atoms with Gasteiger partial charge < -0.3 is 20.0 Å². The third kappa shape index (κ3) is 32.0. The molecule has 1 aliphatic rings. The van der Waals surface area contributed by atoms with Crippen LogP contribution in [0.1, 0.15) is 20.3 Å². The average Bonchev–Trinajstić information content (AvgIpc) is 2.11. The van der Waals surface area contributed by atoms with Gasteiger partial charge in [-0.25, -0.2) is 12.2 Å². The molecule has 1 rings (SSSR count). The molecule has 0 aromatic carbocycles. The topological polar surface area (TPSA) is 23.1 Å². The van der Waals surface area contributed by atoms with Gasteiger partial charge in [-0.2, -0.15) is 6.08 Å². The second-order valence-corrected chi connectivity index (χ2v) is 2.05. The SMILES string of the molecule is CC(C)[O-].[C-]1=CC=CC1.[CH3-].[CH3-].[Ti+4]. The summed E-state index contributed by atoms with van der Waals surface area (Å²) in [5.74, 6) is 0. The van der Waals surface area contributed by atoms with Gasteiger partial charge in [0, 0.05) is 0 Å². The van der Waals surface area contributed by atoms with Gasteiger partial charge in [0.25, 0.3) is 0 Å². The zero-order valence-electron chi connectivity index (χ0n) is 8.42. The van der Waals surface area contributed by atoms with Crippen LogP contribution in [0, 0.1) is 20.9 Å². The predicted molar refractivity (Wildman–Crippen MR) is 49.5 cm³/mol. The normalized spacial score (nSPS) is 10.3. The molecule has 0 aliphatic heterocycles. The second kappa shape index (κ2) is 17.3. The summed E-state index contributed by atoms with van der Waals surface area (Å²) < 4.78 is 0. The van der Waals surface area contributed by atoms with Crippen LogP contribution in [0.15, 0.2) is 18.2 Å². The van der Waals surface area contributed by atoms with Crippen molar-refractivity contribution in [1.82, 2.24) is 0 Å². The van der Waals surface area contributed by atoms with Gasteiger partial charge in [0.2, 0.25) is 0 Å². The molecule has 0 unspecified atom stereocenters. The Bertz CT molecular complexity index is 93.7. The van der Waals surface area contributed by atoms with E-state index in [9.17, 15) is 5.11 Å². The number of hydrogen-bond donors (Lipinski definition) is 0. The molecule has 0 saturated carbocycles. The molecule has 1 aliphatic carbocycles. The zero-order valence-corrected chi connectivity index (χ0v) is 9.99. The Balaban J connectivity index is -0.0000000436. The smallest absolute Gasteiger partial charge is 0.852 e. The van der Waals surface area contributed by atoms with Crippen LogP contribution in [0.5, 0.6) is 0 Å². The molecule has 0 spiro atoms. The molecule has 1 nitrogen and oxygen atoms in total. The first-order valence-electron chi connectivity index (χ1n) is 3.11. The van der Waals surface area contributed by atoms with Crippen molar-refractivity contribution in [3.8, 4) is 0 Å². The van der Waals surface area contributed by atoms with Gasteiger partial charge in [-0.1, -0.05) is 13.8 Å². The molecule has 0 N–H and O–H groups in total. The van der Waals surface area contributed by atoms with E-state index in [0.29, 0.717) is 0 Å². The van der Waals surface area contributed by atoms with Crippen molar-refractivity contribution in [1.29, 1.82) is 0 Å². The molecule has 0 aromatic rings. The molecule has 0 aromatic heterocycles. The Morgan fingerprint density at radius 3 is 1.83 bits per heavy atom. The zero-order chi connectivity index (χ0) is 7.11. The Morgan fingerprint density at radius 1 is 1.33 bits per heavy atom. The molecule has 12 heavy (non-hydrogen) atoms. The largest absolute Gasteiger partial charge is 4.00 e. The third-order valence-electron chi connectivity index (χ3n) is 0.586.